The van der Waals surface area contributed by atoms with Crippen molar-refractivity contribution in [3.63, 3.8) is 0 Å². The predicted octanol–water partition coefficient (Wildman–Crippen LogP) is 3.10. The molecule has 0 aliphatic carbocycles. The number of fused-ring (bicyclic) bond motifs is 1. The van der Waals surface area contributed by atoms with E-state index in [0.29, 0.717) is 18.1 Å². The maximum absolute atomic E-state index is 11.9. The van der Waals surface area contributed by atoms with Crippen molar-refractivity contribution < 1.29 is 9.63 Å². The minimum atomic E-state index is -0.208. The van der Waals surface area contributed by atoms with Crippen molar-refractivity contribution in [2.45, 2.75) is 27.7 Å². The third kappa shape index (κ3) is 2.96. The van der Waals surface area contributed by atoms with Crippen LogP contribution < -0.4 is 5.48 Å². The Bertz CT molecular complexity index is 599. The molecule has 1 aromatic heterocycles. The Hall–Kier alpha value is -1.81. The monoisotopic (exact) mass is 260 g/mol. The molecule has 0 fully saturated rings. The zero-order valence-corrected chi connectivity index (χ0v) is 11.8. The van der Waals surface area contributed by atoms with Crippen molar-refractivity contribution in [1.82, 2.24) is 10.5 Å². The van der Waals surface area contributed by atoms with Crippen LogP contribution in [0.25, 0.3) is 10.9 Å². The average Bonchev–Trinajstić information content (AvgIpc) is 2.64. The maximum atomic E-state index is 11.9. The molecule has 0 unspecified atom stereocenters. The number of amides is 1. The Kier molecular flexibility index (Phi) is 3.90. The number of hydroxylamine groups is 1. The zero-order chi connectivity index (χ0) is 14.0. The second kappa shape index (κ2) is 5.45. The van der Waals surface area contributed by atoms with Gasteiger partial charge in [-0.3, -0.25) is 9.63 Å². The summed E-state index contributed by atoms with van der Waals surface area (Å²) in [7, 11) is 0. The van der Waals surface area contributed by atoms with Gasteiger partial charge in [0.25, 0.3) is 5.91 Å². The lowest BCUT2D eigenvalue weighted by molar-refractivity contribution is 0.0209. The van der Waals surface area contributed by atoms with Gasteiger partial charge >= 0.3 is 0 Å². The number of benzene rings is 1. The summed E-state index contributed by atoms with van der Waals surface area (Å²) in [5.74, 6) is 0.179. The van der Waals surface area contributed by atoms with E-state index in [4.69, 9.17) is 4.84 Å². The van der Waals surface area contributed by atoms with Gasteiger partial charge < -0.3 is 4.98 Å². The van der Waals surface area contributed by atoms with Gasteiger partial charge in [0, 0.05) is 22.2 Å². The molecule has 1 amide bonds. The Morgan fingerprint density at radius 1 is 1.37 bits per heavy atom. The Morgan fingerprint density at radius 3 is 2.79 bits per heavy atom. The highest BCUT2D eigenvalue weighted by Gasteiger charge is 2.10. The van der Waals surface area contributed by atoms with Crippen LogP contribution in [0.5, 0.6) is 0 Å². The van der Waals surface area contributed by atoms with Gasteiger partial charge in [-0.25, -0.2) is 5.48 Å². The van der Waals surface area contributed by atoms with Gasteiger partial charge in [0.15, 0.2) is 0 Å². The van der Waals surface area contributed by atoms with E-state index < -0.39 is 0 Å². The summed E-state index contributed by atoms with van der Waals surface area (Å²) in [6, 6.07) is 5.61. The molecule has 0 spiro atoms. The molecule has 0 saturated heterocycles. The van der Waals surface area contributed by atoms with Gasteiger partial charge in [0.05, 0.1) is 6.61 Å². The largest absolute Gasteiger partial charge is 0.358 e. The second-order valence-electron chi connectivity index (χ2n) is 5.27. The highest BCUT2D eigenvalue weighted by molar-refractivity contribution is 5.98. The minimum Gasteiger partial charge on any atom is -0.358 e. The van der Waals surface area contributed by atoms with Crippen LogP contribution in [-0.2, 0) is 4.84 Å². The number of nitrogens with one attached hydrogen (secondary N) is 2. The molecule has 4 heteroatoms. The number of aromatic amines is 1. The Labute approximate surface area is 113 Å². The first-order chi connectivity index (χ1) is 8.99. The van der Waals surface area contributed by atoms with Crippen LogP contribution in [0.3, 0.4) is 0 Å². The van der Waals surface area contributed by atoms with Gasteiger partial charge in [-0.1, -0.05) is 13.8 Å². The lowest BCUT2D eigenvalue weighted by atomic mass is 10.1. The Balaban J connectivity index is 2.16. The normalized spacial score (nSPS) is 11.2. The molecule has 1 heterocycles. The molecule has 1 aromatic carbocycles. The van der Waals surface area contributed by atoms with Crippen molar-refractivity contribution in [3.8, 4) is 0 Å². The SMILES string of the molecule is Cc1[nH]c2ccc(C(=O)NOCC(C)C)cc2c1C. The molecular weight excluding hydrogens is 240 g/mol. The first-order valence-electron chi connectivity index (χ1n) is 6.50. The number of aromatic nitrogens is 1. The van der Waals surface area contributed by atoms with Crippen molar-refractivity contribution in [1.29, 1.82) is 0 Å². The van der Waals surface area contributed by atoms with E-state index in [-0.39, 0.29) is 5.91 Å². The number of hydrogen-bond acceptors (Lipinski definition) is 2. The van der Waals surface area contributed by atoms with E-state index in [1.807, 2.05) is 39.8 Å². The summed E-state index contributed by atoms with van der Waals surface area (Å²) in [4.78, 5) is 20.4. The lowest BCUT2D eigenvalue weighted by Gasteiger charge is -2.08. The smallest absolute Gasteiger partial charge is 0.274 e. The molecule has 2 rings (SSSR count). The molecule has 19 heavy (non-hydrogen) atoms. The summed E-state index contributed by atoms with van der Waals surface area (Å²) < 4.78 is 0. The third-order valence-electron chi connectivity index (χ3n) is 3.15. The molecule has 102 valence electrons. The predicted molar refractivity (Wildman–Crippen MR) is 76.0 cm³/mol. The van der Waals surface area contributed by atoms with Gasteiger partial charge in [-0.15, -0.1) is 0 Å². The van der Waals surface area contributed by atoms with E-state index in [2.05, 4.69) is 10.5 Å². The van der Waals surface area contributed by atoms with Crippen LogP contribution in [0.15, 0.2) is 18.2 Å². The minimum absolute atomic E-state index is 0.208. The molecule has 2 N–H and O–H groups in total. The van der Waals surface area contributed by atoms with Crippen LogP contribution in [0.1, 0.15) is 35.5 Å². The molecule has 4 nitrogen and oxygen atoms in total. The van der Waals surface area contributed by atoms with Gasteiger partial charge in [0.2, 0.25) is 0 Å². The molecule has 0 atom stereocenters. The molecule has 0 aliphatic rings. The van der Waals surface area contributed by atoms with Crippen LogP contribution in [0.2, 0.25) is 0 Å². The summed E-state index contributed by atoms with van der Waals surface area (Å²) in [5, 5.41) is 1.08. The topological polar surface area (TPSA) is 54.1 Å². The zero-order valence-electron chi connectivity index (χ0n) is 11.8. The summed E-state index contributed by atoms with van der Waals surface area (Å²) in [6.07, 6.45) is 0. The first-order valence-corrected chi connectivity index (χ1v) is 6.50. The van der Waals surface area contributed by atoms with E-state index in [9.17, 15) is 4.79 Å². The summed E-state index contributed by atoms with van der Waals surface area (Å²) >= 11 is 0. The maximum Gasteiger partial charge on any atom is 0.274 e. The fraction of sp³-hybridized carbons (Fsp3) is 0.400. The number of rotatable bonds is 4. The second-order valence-corrected chi connectivity index (χ2v) is 5.27. The van der Waals surface area contributed by atoms with Gasteiger partial charge in [-0.2, -0.15) is 0 Å². The first kappa shape index (κ1) is 13.6. The molecule has 0 aliphatic heterocycles. The number of aryl methyl sites for hydroxylation is 2. The van der Waals surface area contributed by atoms with Gasteiger partial charge in [-0.05, 0) is 43.5 Å². The summed E-state index contributed by atoms with van der Waals surface area (Å²) in [6.45, 7) is 8.65. The van der Waals surface area contributed by atoms with Crippen LogP contribution in [-0.4, -0.2) is 17.5 Å². The van der Waals surface area contributed by atoms with E-state index in [1.54, 1.807) is 6.07 Å². The number of H-pyrrole nitrogens is 1. The average molecular weight is 260 g/mol. The molecule has 2 aromatic rings. The number of hydrogen-bond donors (Lipinski definition) is 2. The van der Waals surface area contributed by atoms with Crippen LogP contribution >= 0.6 is 0 Å². The fourth-order valence-electron chi connectivity index (χ4n) is 1.94. The van der Waals surface area contributed by atoms with E-state index in [0.717, 1.165) is 16.6 Å². The van der Waals surface area contributed by atoms with E-state index >= 15 is 0 Å². The van der Waals surface area contributed by atoms with Crippen molar-refractivity contribution in [2.24, 2.45) is 5.92 Å². The highest BCUT2D eigenvalue weighted by Crippen LogP contribution is 2.22. The number of carbonyl (C=O) groups excluding carboxylic acids is 1. The van der Waals surface area contributed by atoms with E-state index in [1.165, 1.54) is 5.56 Å². The molecule has 0 radical (unpaired) electrons. The quantitative estimate of drug-likeness (QED) is 0.830. The fourth-order valence-corrected chi connectivity index (χ4v) is 1.94. The Morgan fingerprint density at radius 2 is 2.11 bits per heavy atom. The highest BCUT2D eigenvalue weighted by atomic mass is 16.6. The van der Waals surface area contributed by atoms with Crippen molar-refractivity contribution in [2.75, 3.05) is 6.61 Å². The molecule has 0 saturated carbocycles. The molecule has 0 bridgehead atoms. The van der Waals surface area contributed by atoms with Gasteiger partial charge in [0.1, 0.15) is 0 Å². The summed E-state index contributed by atoms with van der Waals surface area (Å²) in [5.41, 5.74) is 6.43. The lowest BCUT2D eigenvalue weighted by Crippen LogP contribution is -2.25. The van der Waals surface area contributed by atoms with Crippen LogP contribution in [0, 0.1) is 19.8 Å². The standard InChI is InChI=1S/C15H20N2O2/c1-9(2)8-19-17-15(18)12-5-6-14-13(7-12)10(3)11(4)16-14/h5-7,9,16H,8H2,1-4H3,(H,17,18). The number of carbonyl (C=O) groups is 1. The van der Waals surface area contributed by atoms with Crippen LogP contribution in [0.4, 0.5) is 0 Å². The van der Waals surface area contributed by atoms with Crippen molar-refractivity contribution >= 4 is 16.8 Å². The third-order valence-corrected chi connectivity index (χ3v) is 3.15. The van der Waals surface area contributed by atoms with Crippen molar-refractivity contribution in [3.05, 3.63) is 35.0 Å². The molecular formula is C15H20N2O2.